The molecule has 0 saturated heterocycles. The first-order valence-electron chi connectivity index (χ1n) is 4.10. The summed E-state index contributed by atoms with van der Waals surface area (Å²) in [6, 6.07) is 6.07. The minimum absolute atomic E-state index is 0.871. The number of ether oxygens (including phenoxy) is 1. The molecule has 13 heavy (non-hydrogen) atoms. The molecule has 0 N–H and O–H groups in total. The molecule has 2 heteroatoms. The second-order valence-corrected chi connectivity index (χ2v) is 4.11. The Hall–Kier alpha value is -0.760. The lowest BCUT2D eigenvalue weighted by Crippen LogP contribution is -1.90. The maximum absolute atomic E-state index is 5.12. The molecule has 0 radical (unpaired) electrons. The van der Waals surface area contributed by atoms with E-state index in [1.807, 2.05) is 12.1 Å². The Morgan fingerprint density at radius 3 is 2.69 bits per heavy atom. The van der Waals surface area contributed by atoms with Crippen molar-refractivity contribution in [3.63, 3.8) is 0 Å². The lowest BCUT2D eigenvalue weighted by Gasteiger charge is -2.06. The van der Waals surface area contributed by atoms with Gasteiger partial charge in [-0.05, 0) is 34.7 Å². The molecule has 1 aromatic rings. The van der Waals surface area contributed by atoms with Crippen molar-refractivity contribution in [3.8, 4) is 5.75 Å². The standard InChI is InChI=1S/C11H13BrO/c1-8-6-11(13-3)5-4-10(8)7-9(2)12/h4-6H,2,7H2,1,3H3. The van der Waals surface area contributed by atoms with E-state index in [0.29, 0.717) is 0 Å². The lowest BCUT2D eigenvalue weighted by atomic mass is 10.1. The summed E-state index contributed by atoms with van der Waals surface area (Å²) in [4.78, 5) is 0. The van der Waals surface area contributed by atoms with Gasteiger partial charge in [0.25, 0.3) is 0 Å². The van der Waals surface area contributed by atoms with Gasteiger partial charge in [-0.3, -0.25) is 0 Å². The highest BCUT2D eigenvalue weighted by molar-refractivity contribution is 9.11. The molecule has 70 valence electrons. The number of aryl methyl sites for hydroxylation is 1. The van der Waals surface area contributed by atoms with Gasteiger partial charge in [-0.1, -0.05) is 28.6 Å². The van der Waals surface area contributed by atoms with Crippen LogP contribution in [0.25, 0.3) is 0 Å². The molecule has 0 aliphatic heterocycles. The second-order valence-electron chi connectivity index (χ2n) is 2.99. The van der Waals surface area contributed by atoms with E-state index in [0.717, 1.165) is 16.7 Å². The van der Waals surface area contributed by atoms with Gasteiger partial charge in [0.1, 0.15) is 5.75 Å². The first-order valence-corrected chi connectivity index (χ1v) is 4.89. The summed E-state index contributed by atoms with van der Waals surface area (Å²) >= 11 is 3.36. The van der Waals surface area contributed by atoms with Crippen molar-refractivity contribution in [2.75, 3.05) is 7.11 Å². The van der Waals surface area contributed by atoms with Crippen LogP contribution in [0.1, 0.15) is 11.1 Å². The zero-order valence-electron chi connectivity index (χ0n) is 7.93. The number of halogens is 1. The zero-order chi connectivity index (χ0) is 9.84. The smallest absolute Gasteiger partial charge is 0.119 e. The molecular formula is C11H13BrO. The first kappa shape index (κ1) is 10.3. The van der Waals surface area contributed by atoms with Gasteiger partial charge < -0.3 is 4.74 Å². The Labute approximate surface area is 87.5 Å². The van der Waals surface area contributed by atoms with E-state index in [4.69, 9.17) is 4.74 Å². The summed E-state index contributed by atoms with van der Waals surface area (Å²) in [6.07, 6.45) is 0.871. The van der Waals surface area contributed by atoms with E-state index in [1.54, 1.807) is 7.11 Å². The van der Waals surface area contributed by atoms with Crippen molar-refractivity contribution in [1.29, 1.82) is 0 Å². The van der Waals surface area contributed by atoms with Crippen molar-refractivity contribution in [3.05, 3.63) is 40.4 Å². The summed E-state index contributed by atoms with van der Waals surface area (Å²) in [5.74, 6) is 0.904. The van der Waals surface area contributed by atoms with Crippen LogP contribution in [-0.2, 0) is 6.42 Å². The lowest BCUT2D eigenvalue weighted by molar-refractivity contribution is 0.414. The summed E-state index contributed by atoms with van der Waals surface area (Å²) in [5.41, 5.74) is 2.52. The van der Waals surface area contributed by atoms with Gasteiger partial charge in [-0.25, -0.2) is 0 Å². The molecule has 0 aliphatic rings. The van der Waals surface area contributed by atoms with Crippen LogP contribution in [0.2, 0.25) is 0 Å². The Morgan fingerprint density at radius 2 is 2.23 bits per heavy atom. The monoisotopic (exact) mass is 240 g/mol. The van der Waals surface area contributed by atoms with Crippen molar-refractivity contribution in [2.24, 2.45) is 0 Å². The summed E-state index contributed by atoms with van der Waals surface area (Å²) < 4.78 is 6.12. The van der Waals surface area contributed by atoms with Gasteiger partial charge in [-0.15, -0.1) is 0 Å². The Bertz CT molecular complexity index is 318. The van der Waals surface area contributed by atoms with Gasteiger partial charge in [0.2, 0.25) is 0 Å². The van der Waals surface area contributed by atoms with Crippen LogP contribution in [-0.4, -0.2) is 7.11 Å². The normalized spacial score (nSPS) is 9.77. The van der Waals surface area contributed by atoms with Crippen molar-refractivity contribution in [1.82, 2.24) is 0 Å². The summed E-state index contributed by atoms with van der Waals surface area (Å²) in [7, 11) is 1.68. The van der Waals surface area contributed by atoms with E-state index in [2.05, 4.69) is 35.5 Å². The highest BCUT2D eigenvalue weighted by atomic mass is 79.9. The van der Waals surface area contributed by atoms with Gasteiger partial charge in [0, 0.05) is 6.42 Å². The molecule has 0 aromatic heterocycles. The summed E-state index contributed by atoms with van der Waals surface area (Å²) in [6.45, 7) is 5.90. The largest absolute Gasteiger partial charge is 0.497 e. The number of methoxy groups -OCH3 is 1. The molecule has 0 aliphatic carbocycles. The van der Waals surface area contributed by atoms with E-state index < -0.39 is 0 Å². The number of rotatable bonds is 3. The Balaban J connectivity index is 2.91. The molecular weight excluding hydrogens is 228 g/mol. The van der Waals surface area contributed by atoms with Crippen LogP contribution in [0.5, 0.6) is 5.75 Å². The predicted octanol–water partition coefficient (Wildman–Crippen LogP) is 3.45. The van der Waals surface area contributed by atoms with Crippen LogP contribution in [0, 0.1) is 6.92 Å². The molecule has 1 aromatic carbocycles. The first-order chi connectivity index (χ1) is 6.13. The second kappa shape index (κ2) is 4.47. The topological polar surface area (TPSA) is 9.23 Å². The minimum atomic E-state index is 0.871. The fourth-order valence-corrected chi connectivity index (χ4v) is 1.50. The number of hydrogen-bond donors (Lipinski definition) is 0. The van der Waals surface area contributed by atoms with Crippen LogP contribution >= 0.6 is 15.9 Å². The van der Waals surface area contributed by atoms with Crippen molar-refractivity contribution >= 4 is 15.9 Å². The highest BCUT2D eigenvalue weighted by Crippen LogP contribution is 2.20. The third-order valence-electron chi connectivity index (χ3n) is 1.93. The Morgan fingerprint density at radius 1 is 1.54 bits per heavy atom. The van der Waals surface area contributed by atoms with E-state index in [9.17, 15) is 0 Å². The quantitative estimate of drug-likeness (QED) is 0.787. The fraction of sp³-hybridized carbons (Fsp3) is 0.273. The van der Waals surface area contributed by atoms with E-state index in [-0.39, 0.29) is 0 Å². The average Bonchev–Trinajstić information content (AvgIpc) is 2.08. The van der Waals surface area contributed by atoms with Gasteiger partial charge >= 0.3 is 0 Å². The van der Waals surface area contributed by atoms with Crippen LogP contribution in [0.15, 0.2) is 29.3 Å². The third kappa shape index (κ3) is 2.88. The molecule has 0 amide bonds. The molecule has 0 saturated carbocycles. The van der Waals surface area contributed by atoms with Crippen molar-refractivity contribution in [2.45, 2.75) is 13.3 Å². The summed E-state index contributed by atoms with van der Waals surface area (Å²) in [5, 5.41) is 0. The maximum Gasteiger partial charge on any atom is 0.119 e. The van der Waals surface area contributed by atoms with Gasteiger partial charge in [0.05, 0.1) is 7.11 Å². The van der Waals surface area contributed by atoms with Crippen LogP contribution < -0.4 is 4.74 Å². The molecule has 0 spiro atoms. The van der Waals surface area contributed by atoms with E-state index in [1.165, 1.54) is 11.1 Å². The average molecular weight is 241 g/mol. The van der Waals surface area contributed by atoms with Crippen LogP contribution in [0.3, 0.4) is 0 Å². The number of benzene rings is 1. The molecule has 0 unspecified atom stereocenters. The fourth-order valence-electron chi connectivity index (χ4n) is 1.20. The van der Waals surface area contributed by atoms with Gasteiger partial charge in [0.15, 0.2) is 0 Å². The van der Waals surface area contributed by atoms with Crippen LogP contribution in [0.4, 0.5) is 0 Å². The minimum Gasteiger partial charge on any atom is -0.497 e. The molecule has 0 heterocycles. The molecule has 0 bridgehead atoms. The number of hydrogen-bond acceptors (Lipinski definition) is 1. The van der Waals surface area contributed by atoms with Gasteiger partial charge in [-0.2, -0.15) is 0 Å². The molecule has 0 fully saturated rings. The SMILES string of the molecule is C=C(Br)Cc1ccc(OC)cc1C. The Kier molecular flexibility index (Phi) is 3.55. The maximum atomic E-state index is 5.12. The zero-order valence-corrected chi connectivity index (χ0v) is 9.52. The van der Waals surface area contributed by atoms with E-state index >= 15 is 0 Å². The highest BCUT2D eigenvalue weighted by Gasteiger charge is 2.00. The third-order valence-corrected chi connectivity index (χ3v) is 2.21. The molecule has 0 atom stereocenters. The predicted molar refractivity (Wildman–Crippen MR) is 59.5 cm³/mol. The van der Waals surface area contributed by atoms with Crippen molar-refractivity contribution < 1.29 is 4.74 Å². The molecule has 1 nitrogen and oxygen atoms in total. The molecule has 1 rings (SSSR count). The number of allylic oxidation sites excluding steroid dienone is 1.